The highest BCUT2D eigenvalue weighted by Crippen LogP contribution is 2.30. The molecule has 2 aromatic carbocycles. The lowest BCUT2D eigenvalue weighted by molar-refractivity contribution is 0.0489. The number of hydrogen-bond donors (Lipinski definition) is 0. The normalized spacial score (nSPS) is 11.0. The molecule has 0 radical (unpaired) electrons. The van der Waals surface area contributed by atoms with E-state index in [-0.39, 0.29) is 12.2 Å². The molecule has 4 nitrogen and oxygen atoms in total. The highest BCUT2D eigenvalue weighted by molar-refractivity contribution is 6.03. The second-order valence-electron chi connectivity index (χ2n) is 9.57. The smallest absolute Gasteiger partial charge is 0.344 e. The van der Waals surface area contributed by atoms with Gasteiger partial charge in [0.25, 0.3) is 0 Å². The van der Waals surface area contributed by atoms with Gasteiger partial charge in [-0.2, -0.15) is 8.78 Å². The number of benzene rings is 2. The molecule has 0 saturated heterocycles. The van der Waals surface area contributed by atoms with Gasteiger partial charge in [0, 0.05) is 0 Å². The zero-order chi connectivity index (χ0) is 28.6. The topological polar surface area (TPSA) is 52.6 Å². The first-order chi connectivity index (χ1) is 18.8. The summed E-state index contributed by atoms with van der Waals surface area (Å²) in [5.41, 5.74) is -0.691. The lowest BCUT2D eigenvalue weighted by atomic mass is 10.0. The predicted molar refractivity (Wildman–Crippen MR) is 138 cm³/mol. The summed E-state index contributed by atoms with van der Waals surface area (Å²) in [5.74, 6) is -15.6. The van der Waals surface area contributed by atoms with E-state index in [0.29, 0.717) is 6.42 Å². The molecule has 9 heteroatoms. The maximum atomic E-state index is 13.9. The van der Waals surface area contributed by atoms with Gasteiger partial charge in [-0.05, 0) is 18.6 Å². The van der Waals surface area contributed by atoms with Gasteiger partial charge in [-0.3, -0.25) is 0 Å². The van der Waals surface area contributed by atoms with Crippen LogP contribution in [0.4, 0.5) is 22.0 Å². The van der Waals surface area contributed by atoms with E-state index in [2.05, 4.69) is 11.7 Å². The van der Waals surface area contributed by atoms with Crippen molar-refractivity contribution in [3.63, 3.8) is 0 Å². The fourth-order valence-corrected chi connectivity index (χ4v) is 4.20. The molecule has 2 rings (SSSR count). The lowest BCUT2D eigenvalue weighted by Crippen LogP contribution is -2.18. The number of hydrogen-bond acceptors (Lipinski definition) is 4. The maximum Gasteiger partial charge on any atom is 0.344 e. The minimum Gasteiger partial charge on any atom is -0.462 e. The number of carbonyl (C=O) groups excluding carboxylic acids is 2. The molecule has 0 heterocycles. The van der Waals surface area contributed by atoms with Crippen LogP contribution in [0.1, 0.15) is 118 Å². The minimum atomic E-state index is -2.38. The third-order valence-electron chi connectivity index (χ3n) is 6.46. The largest absolute Gasteiger partial charge is 0.462 e. The molecule has 0 aliphatic heterocycles. The summed E-state index contributed by atoms with van der Waals surface area (Å²) in [7, 11) is 0. The van der Waals surface area contributed by atoms with Crippen molar-refractivity contribution in [3.05, 3.63) is 64.5 Å². The first-order valence-corrected chi connectivity index (χ1v) is 13.8. The van der Waals surface area contributed by atoms with Crippen LogP contribution >= 0.6 is 0 Å². The van der Waals surface area contributed by atoms with Crippen LogP contribution in [0.5, 0.6) is 5.75 Å². The Balaban J connectivity index is 1.72. The van der Waals surface area contributed by atoms with Crippen LogP contribution < -0.4 is 4.74 Å². The van der Waals surface area contributed by atoms with Crippen LogP contribution in [0.25, 0.3) is 0 Å². The Morgan fingerprint density at radius 2 is 0.949 bits per heavy atom. The number of unbranched alkanes of at least 4 members (excludes halogenated alkanes) is 13. The van der Waals surface area contributed by atoms with Gasteiger partial charge in [-0.25, -0.2) is 22.8 Å². The van der Waals surface area contributed by atoms with Gasteiger partial charge in [-0.1, -0.05) is 103 Å². The van der Waals surface area contributed by atoms with Crippen LogP contribution in [0.15, 0.2) is 24.3 Å². The van der Waals surface area contributed by atoms with Crippen molar-refractivity contribution in [2.24, 2.45) is 0 Å². The van der Waals surface area contributed by atoms with E-state index in [1.54, 1.807) is 0 Å². The van der Waals surface area contributed by atoms with Crippen LogP contribution in [-0.4, -0.2) is 18.5 Å². The highest BCUT2D eigenvalue weighted by Gasteiger charge is 2.30. The van der Waals surface area contributed by atoms with E-state index >= 15 is 0 Å². The van der Waals surface area contributed by atoms with Gasteiger partial charge in [0.2, 0.25) is 34.8 Å². The Bertz CT molecular complexity index is 1040. The number of carbonyl (C=O) groups is 2. The Hall–Kier alpha value is -2.97. The predicted octanol–water partition coefficient (Wildman–Crippen LogP) is 9.24. The lowest BCUT2D eigenvalue weighted by Gasteiger charge is -2.11. The van der Waals surface area contributed by atoms with E-state index in [1.165, 1.54) is 82.4 Å². The van der Waals surface area contributed by atoms with Crippen molar-refractivity contribution >= 4 is 11.9 Å². The molecule has 0 saturated carbocycles. The SMILES string of the molecule is CCCCCCCCCCCCCCCCOC(=O)c1ccccc1C(=O)Oc1c(F)c(F)c(F)c(F)c1F. The van der Waals surface area contributed by atoms with E-state index < -0.39 is 52.3 Å². The van der Waals surface area contributed by atoms with E-state index in [0.717, 1.165) is 25.3 Å². The summed E-state index contributed by atoms with van der Waals surface area (Å²) >= 11 is 0. The van der Waals surface area contributed by atoms with E-state index in [1.807, 2.05) is 0 Å². The molecule has 0 atom stereocenters. The van der Waals surface area contributed by atoms with Crippen molar-refractivity contribution in [3.8, 4) is 5.75 Å². The molecule has 0 N–H and O–H groups in total. The van der Waals surface area contributed by atoms with Crippen LogP contribution in [0, 0.1) is 29.1 Å². The molecule has 0 fully saturated rings. The van der Waals surface area contributed by atoms with Crippen LogP contribution in [0.3, 0.4) is 0 Å². The van der Waals surface area contributed by atoms with E-state index in [9.17, 15) is 31.5 Å². The first-order valence-electron chi connectivity index (χ1n) is 13.8. The number of halogens is 5. The van der Waals surface area contributed by atoms with Gasteiger partial charge in [0.15, 0.2) is 0 Å². The third kappa shape index (κ3) is 10.3. The Morgan fingerprint density at radius 3 is 1.41 bits per heavy atom. The van der Waals surface area contributed by atoms with Crippen molar-refractivity contribution in [1.82, 2.24) is 0 Å². The summed E-state index contributed by atoms with van der Waals surface area (Å²) in [6, 6.07) is 5.14. The zero-order valence-electron chi connectivity index (χ0n) is 22.4. The minimum absolute atomic E-state index is 0.109. The highest BCUT2D eigenvalue weighted by atomic mass is 19.2. The second kappa shape index (κ2) is 17.6. The number of esters is 2. The summed E-state index contributed by atoms with van der Waals surface area (Å²) in [5, 5.41) is 0. The van der Waals surface area contributed by atoms with Gasteiger partial charge < -0.3 is 9.47 Å². The molecule has 0 amide bonds. The quantitative estimate of drug-likeness (QED) is 0.0459. The van der Waals surface area contributed by atoms with Gasteiger partial charge in [0.1, 0.15) is 0 Å². The van der Waals surface area contributed by atoms with Gasteiger partial charge in [0.05, 0.1) is 17.7 Å². The molecule has 0 spiro atoms. The molecular formula is C30H37F5O4. The molecule has 0 unspecified atom stereocenters. The molecule has 0 aromatic heterocycles. The van der Waals surface area contributed by atoms with Crippen molar-refractivity contribution < 1.29 is 41.0 Å². The van der Waals surface area contributed by atoms with Crippen LogP contribution in [-0.2, 0) is 4.74 Å². The van der Waals surface area contributed by atoms with Crippen molar-refractivity contribution in [2.45, 2.75) is 96.8 Å². The Kier molecular flexibility index (Phi) is 14.5. The summed E-state index contributed by atoms with van der Waals surface area (Å²) in [6.45, 7) is 2.33. The Morgan fingerprint density at radius 1 is 0.564 bits per heavy atom. The number of ether oxygens (including phenoxy) is 2. The van der Waals surface area contributed by atoms with Crippen molar-refractivity contribution in [2.75, 3.05) is 6.61 Å². The molecule has 216 valence electrons. The fourth-order valence-electron chi connectivity index (χ4n) is 4.20. The first kappa shape index (κ1) is 32.2. The summed E-state index contributed by atoms with van der Waals surface area (Å²) < 4.78 is 77.5. The molecular weight excluding hydrogens is 519 g/mol. The summed E-state index contributed by atoms with van der Waals surface area (Å²) in [4.78, 5) is 25.0. The molecule has 2 aromatic rings. The molecule has 0 bridgehead atoms. The zero-order valence-corrected chi connectivity index (χ0v) is 22.4. The van der Waals surface area contributed by atoms with Crippen LogP contribution in [0.2, 0.25) is 0 Å². The maximum absolute atomic E-state index is 13.9. The van der Waals surface area contributed by atoms with Crippen molar-refractivity contribution in [1.29, 1.82) is 0 Å². The molecule has 0 aliphatic rings. The molecule has 39 heavy (non-hydrogen) atoms. The molecule has 0 aliphatic carbocycles. The monoisotopic (exact) mass is 556 g/mol. The standard InChI is InChI=1S/C30H37F5O4/c1-2-3-4-5-6-7-8-9-10-11-12-13-14-17-20-38-29(36)21-18-15-16-19-22(21)30(37)39-28-26(34)24(32)23(31)25(33)27(28)35/h15-16,18-19H,2-14,17,20H2,1H3. The van der Waals surface area contributed by atoms with E-state index in [4.69, 9.17) is 4.74 Å². The average molecular weight is 557 g/mol. The summed E-state index contributed by atoms with van der Waals surface area (Å²) in [6.07, 6.45) is 16.5. The van der Waals surface area contributed by atoms with Gasteiger partial charge >= 0.3 is 11.9 Å². The number of rotatable bonds is 18. The second-order valence-corrected chi connectivity index (χ2v) is 9.57. The third-order valence-corrected chi connectivity index (χ3v) is 6.46. The Labute approximate surface area is 226 Å². The van der Waals surface area contributed by atoms with Gasteiger partial charge in [-0.15, -0.1) is 0 Å². The fraction of sp³-hybridized carbons (Fsp3) is 0.533. The average Bonchev–Trinajstić information content (AvgIpc) is 2.95.